The number of fused-ring (bicyclic) bond motifs is 1. The van der Waals surface area contributed by atoms with Crippen LogP contribution in [-0.4, -0.2) is 46.5 Å². The third kappa shape index (κ3) is 4.71. The number of hydrogen-bond donors (Lipinski definition) is 4. The fourth-order valence-corrected chi connectivity index (χ4v) is 3.17. The van der Waals surface area contributed by atoms with Crippen LogP contribution in [-0.2, 0) is 16.1 Å². The van der Waals surface area contributed by atoms with E-state index in [2.05, 4.69) is 20.6 Å². The van der Waals surface area contributed by atoms with Gasteiger partial charge in [-0.15, -0.1) is 0 Å². The Hall–Kier alpha value is -2.29. The van der Waals surface area contributed by atoms with Crippen LogP contribution in [0.3, 0.4) is 0 Å². The molecule has 2 heterocycles. The molecular formula is C19H27N5O3. The van der Waals surface area contributed by atoms with Gasteiger partial charge in [0.25, 0.3) is 0 Å². The monoisotopic (exact) mass is 373 g/mol. The van der Waals surface area contributed by atoms with Gasteiger partial charge in [-0.3, -0.25) is 4.79 Å². The molecule has 1 fully saturated rings. The quantitative estimate of drug-likeness (QED) is 0.534. The molecule has 8 heteroatoms. The molecule has 0 aliphatic carbocycles. The first-order chi connectivity index (χ1) is 13.0. The molecule has 5 N–H and O–H groups in total. The number of ether oxygens (including phenoxy) is 1. The number of anilines is 1. The maximum atomic E-state index is 12.2. The Morgan fingerprint density at radius 1 is 1.37 bits per heavy atom. The lowest BCUT2D eigenvalue weighted by atomic mass is 10.0. The van der Waals surface area contributed by atoms with Crippen molar-refractivity contribution in [2.45, 2.75) is 39.1 Å². The highest BCUT2D eigenvalue weighted by Gasteiger charge is 2.24. The first-order valence-corrected chi connectivity index (χ1v) is 9.27. The lowest BCUT2D eigenvalue weighted by Gasteiger charge is -2.26. The van der Waals surface area contributed by atoms with Gasteiger partial charge in [0, 0.05) is 12.0 Å². The van der Waals surface area contributed by atoms with E-state index in [-0.39, 0.29) is 30.3 Å². The molecule has 3 rings (SSSR count). The summed E-state index contributed by atoms with van der Waals surface area (Å²) in [5, 5.41) is 16.9. The van der Waals surface area contributed by atoms with Crippen molar-refractivity contribution in [3.8, 4) is 0 Å². The number of benzene rings is 1. The van der Waals surface area contributed by atoms with Crippen LogP contribution in [0.4, 0.5) is 5.82 Å². The maximum absolute atomic E-state index is 12.2. The number of aliphatic hydroxyl groups is 1. The Labute approximate surface area is 158 Å². The van der Waals surface area contributed by atoms with Gasteiger partial charge in [0.1, 0.15) is 12.0 Å². The van der Waals surface area contributed by atoms with Crippen molar-refractivity contribution in [1.82, 2.24) is 15.3 Å². The molecule has 27 heavy (non-hydrogen) atoms. The first kappa shape index (κ1) is 19.5. The van der Waals surface area contributed by atoms with Crippen molar-refractivity contribution < 1.29 is 14.6 Å². The van der Waals surface area contributed by atoms with Gasteiger partial charge in [0.2, 0.25) is 5.91 Å². The highest BCUT2D eigenvalue weighted by Crippen LogP contribution is 2.23. The van der Waals surface area contributed by atoms with Gasteiger partial charge in [-0.05, 0) is 24.5 Å². The van der Waals surface area contributed by atoms with Crippen molar-refractivity contribution >= 4 is 22.6 Å². The maximum Gasteiger partial charge on any atom is 0.225 e. The largest absolute Gasteiger partial charge is 0.381 e. The van der Waals surface area contributed by atoms with E-state index < -0.39 is 6.23 Å². The van der Waals surface area contributed by atoms with Crippen LogP contribution in [0, 0.1) is 11.8 Å². The van der Waals surface area contributed by atoms with Crippen molar-refractivity contribution in [3.05, 3.63) is 30.1 Å². The number of nitrogens with zero attached hydrogens (tertiary/aromatic N) is 2. The number of nitrogens with one attached hydrogen (secondary N) is 2. The van der Waals surface area contributed by atoms with Crippen molar-refractivity contribution in [2.24, 2.45) is 17.6 Å². The van der Waals surface area contributed by atoms with Crippen LogP contribution in [0.2, 0.25) is 0 Å². The van der Waals surface area contributed by atoms with E-state index in [4.69, 9.17) is 10.5 Å². The molecule has 2 aromatic rings. The average molecular weight is 373 g/mol. The summed E-state index contributed by atoms with van der Waals surface area (Å²) in [5.41, 5.74) is 6.48. The van der Waals surface area contributed by atoms with Gasteiger partial charge in [-0.1, -0.05) is 26.0 Å². The van der Waals surface area contributed by atoms with Crippen LogP contribution in [0.5, 0.6) is 0 Å². The fraction of sp³-hybridized carbons (Fsp3) is 0.526. The average Bonchev–Trinajstić information content (AvgIpc) is 3.18. The molecule has 1 aliphatic rings. The summed E-state index contributed by atoms with van der Waals surface area (Å²) in [7, 11) is 0. The van der Waals surface area contributed by atoms with Crippen LogP contribution in [0.25, 0.3) is 10.9 Å². The Kier molecular flexibility index (Phi) is 6.20. The minimum Gasteiger partial charge on any atom is -0.381 e. The zero-order valence-corrected chi connectivity index (χ0v) is 15.7. The molecule has 1 saturated heterocycles. The number of aromatic nitrogens is 2. The molecule has 1 aliphatic heterocycles. The van der Waals surface area contributed by atoms with Gasteiger partial charge in [-0.2, -0.15) is 0 Å². The van der Waals surface area contributed by atoms with Crippen LogP contribution in [0.1, 0.15) is 26.1 Å². The zero-order chi connectivity index (χ0) is 19.4. The number of rotatable bonds is 7. The standard InChI is InChI=1S/C19H27N5O3/c1-11(2)16(17(20)25)24-18-13-5-3-4-6-14(13)22-15(23-18)9-21-19(26)12-7-8-27-10-12/h3-6,11-12,16-17,25H,7-10,20H2,1-2H3,(H,21,26)(H,22,23,24)/t12?,16-,17?/m0/s1. The second kappa shape index (κ2) is 8.60. The van der Waals surface area contributed by atoms with E-state index in [0.29, 0.717) is 24.9 Å². The molecule has 0 spiro atoms. The Bertz CT molecular complexity index is 782. The summed E-state index contributed by atoms with van der Waals surface area (Å²) < 4.78 is 5.26. The number of nitrogens with two attached hydrogens (primary N) is 1. The van der Waals surface area contributed by atoms with E-state index in [1.807, 2.05) is 38.1 Å². The molecule has 0 bridgehead atoms. The number of carbonyl (C=O) groups excluding carboxylic acids is 1. The first-order valence-electron chi connectivity index (χ1n) is 9.27. The Morgan fingerprint density at radius 2 is 2.15 bits per heavy atom. The predicted octanol–water partition coefficient (Wildman–Crippen LogP) is 0.996. The van der Waals surface area contributed by atoms with Crippen LogP contribution >= 0.6 is 0 Å². The topological polar surface area (TPSA) is 122 Å². The van der Waals surface area contributed by atoms with E-state index in [0.717, 1.165) is 17.3 Å². The molecule has 146 valence electrons. The predicted molar refractivity (Wildman–Crippen MR) is 103 cm³/mol. The van der Waals surface area contributed by atoms with Crippen LogP contribution in [0.15, 0.2) is 24.3 Å². The SMILES string of the molecule is CC(C)[C@H](Nc1nc(CNC(=O)C2CCOC2)nc2ccccc12)C(N)O. The molecule has 8 nitrogen and oxygen atoms in total. The molecule has 3 atom stereocenters. The van der Waals surface area contributed by atoms with Gasteiger partial charge in [0.05, 0.1) is 30.6 Å². The third-order valence-electron chi connectivity index (χ3n) is 4.76. The van der Waals surface area contributed by atoms with Gasteiger partial charge < -0.3 is 26.2 Å². The summed E-state index contributed by atoms with van der Waals surface area (Å²) in [5.74, 6) is 1.04. The molecule has 1 amide bonds. The highest BCUT2D eigenvalue weighted by molar-refractivity contribution is 5.89. The van der Waals surface area contributed by atoms with Crippen molar-refractivity contribution in [2.75, 3.05) is 18.5 Å². The van der Waals surface area contributed by atoms with Crippen molar-refractivity contribution in [1.29, 1.82) is 0 Å². The normalized spacial score (nSPS) is 19.2. The minimum atomic E-state index is -1.02. The smallest absolute Gasteiger partial charge is 0.225 e. The summed E-state index contributed by atoms with van der Waals surface area (Å²) in [6.45, 7) is 5.26. The number of carbonyl (C=O) groups is 1. The third-order valence-corrected chi connectivity index (χ3v) is 4.76. The van der Waals surface area contributed by atoms with Gasteiger partial charge in [0.15, 0.2) is 5.82 Å². The van der Waals surface area contributed by atoms with E-state index >= 15 is 0 Å². The highest BCUT2D eigenvalue weighted by atomic mass is 16.5. The number of para-hydroxylation sites is 1. The van der Waals surface area contributed by atoms with E-state index in [1.54, 1.807) is 0 Å². The van der Waals surface area contributed by atoms with E-state index in [9.17, 15) is 9.90 Å². The molecule has 0 saturated carbocycles. The number of hydrogen-bond acceptors (Lipinski definition) is 7. The lowest BCUT2D eigenvalue weighted by molar-refractivity contribution is -0.125. The molecular weight excluding hydrogens is 346 g/mol. The molecule has 1 aromatic heterocycles. The van der Waals surface area contributed by atoms with Gasteiger partial charge >= 0.3 is 0 Å². The lowest BCUT2D eigenvalue weighted by Crippen LogP contribution is -2.44. The molecule has 2 unspecified atom stereocenters. The fourth-order valence-electron chi connectivity index (χ4n) is 3.17. The summed E-state index contributed by atoms with van der Waals surface area (Å²) in [4.78, 5) is 21.3. The molecule has 0 radical (unpaired) electrons. The number of amides is 1. The second-order valence-electron chi connectivity index (χ2n) is 7.19. The van der Waals surface area contributed by atoms with Gasteiger partial charge in [-0.25, -0.2) is 9.97 Å². The summed E-state index contributed by atoms with van der Waals surface area (Å²) >= 11 is 0. The second-order valence-corrected chi connectivity index (χ2v) is 7.19. The zero-order valence-electron chi connectivity index (χ0n) is 15.7. The number of aliphatic hydroxyl groups excluding tert-OH is 1. The molecule has 1 aromatic carbocycles. The summed E-state index contributed by atoms with van der Waals surface area (Å²) in [6, 6.07) is 7.25. The van der Waals surface area contributed by atoms with E-state index in [1.165, 1.54) is 0 Å². The van der Waals surface area contributed by atoms with Crippen molar-refractivity contribution in [3.63, 3.8) is 0 Å². The van der Waals surface area contributed by atoms with Crippen LogP contribution < -0.4 is 16.4 Å². The Balaban J connectivity index is 1.82. The minimum absolute atomic E-state index is 0.0452. The summed E-state index contributed by atoms with van der Waals surface area (Å²) in [6.07, 6.45) is -0.286. The Morgan fingerprint density at radius 3 is 2.81 bits per heavy atom.